The van der Waals surface area contributed by atoms with Crippen molar-refractivity contribution in [2.75, 3.05) is 6.61 Å². The first-order chi connectivity index (χ1) is 12.9. The van der Waals surface area contributed by atoms with Crippen LogP contribution >= 0.6 is 11.8 Å². The Kier molecular flexibility index (Phi) is 5.70. The number of fused-ring (bicyclic) bond motifs is 1. The van der Waals surface area contributed by atoms with Crippen LogP contribution in [0.4, 0.5) is 5.69 Å². The average molecular weight is 386 g/mol. The molecule has 1 heterocycles. The van der Waals surface area contributed by atoms with Crippen LogP contribution in [-0.4, -0.2) is 28.7 Å². The molecule has 27 heavy (non-hydrogen) atoms. The van der Waals surface area contributed by atoms with Crippen molar-refractivity contribution in [1.82, 2.24) is 5.32 Å². The minimum Gasteiger partial charge on any atom is -0.493 e. The van der Waals surface area contributed by atoms with Gasteiger partial charge in [-0.05, 0) is 19.1 Å². The first-order valence-corrected chi connectivity index (χ1v) is 9.72. The molecule has 6 nitrogen and oxygen atoms in total. The molecule has 142 valence electrons. The van der Waals surface area contributed by atoms with E-state index in [2.05, 4.69) is 5.32 Å². The van der Waals surface area contributed by atoms with E-state index in [0.29, 0.717) is 12.2 Å². The zero-order valence-electron chi connectivity index (χ0n) is 15.5. The number of amides is 1. The molecule has 3 rings (SSSR count). The number of nitrogens with zero attached hydrogens (tertiary/aromatic N) is 1. The van der Waals surface area contributed by atoms with Gasteiger partial charge in [-0.3, -0.25) is 14.9 Å². The summed E-state index contributed by atoms with van der Waals surface area (Å²) in [6, 6.07) is 12.1. The van der Waals surface area contributed by atoms with Crippen LogP contribution in [0.1, 0.15) is 42.6 Å². The molecule has 0 spiro atoms. The third-order valence-corrected chi connectivity index (χ3v) is 5.56. The molecule has 1 amide bonds. The number of nitro benzene ring substituents is 1. The molecule has 2 aromatic carbocycles. The Hall–Kier alpha value is -2.54. The molecule has 0 fully saturated rings. The number of ether oxygens (including phenoxy) is 1. The third kappa shape index (κ3) is 4.24. The number of rotatable bonds is 6. The second-order valence-electron chi connectivity index (χ2n) is 6.82. The Morgan fingerprint density at radius 1 is 1.26 bits per heavy atom. The van der Waals surface area contributed by atoms with E-state index >= 15 is 0 Å². The Bertz CT molecular complexity index is 869. The maximum Gasteiger partial charge on any atom is 0.270 e. The predicted octanol–water partition coefficient (Wildman–Crippen LogP) is 4.39. The third-order valence-electron chi connectivity index (χ3n) is 4.48. The minimum atomic E-state index is -0.481. The highest BCUT2D eigenvalue weighted by molar-refractivity contribution is 8.00. The Balaban J connectivity index is 1.83. The van der Waals surface area contributed by atoms with Gasteiger partial charge in [0, 0.05) is 39.8 Å². The van der Waals surface area contributed by atoms with Gasteiger partial charge in [-0.2, -0.15) is 0 Å². The van der Waals surface area contributed by atoms with Crippen molar-refractivity contribution < 1.29 is 14.5 Å². The average Bonchev–Trinajstić information content (AvgIpc) is 3.05. The van der Waals surface area contributed by atoms with Crippen molar-refractivity contribution in [3.05, 3.63) is 63.7 Å². The van der Waals surface area contributed by atoms with Gasteiger partial charge in [0.05, 0.1) is 17.1 Å². The van der Waals surface area contributed by atoms with Crippen molar-refractivity contribution >= 4 is 23.4 Å². The highest BCUT2D eigenvalue weighted by atomic mass is 32.2. The summed E-state index contributed by atoms with van der Waals surface area (Å²) in [6.45, 7) is 6.47. The molecule has 0 radical (unpaired) electrons. The highest BCUT2D eigenvalue weighted by Gasteiger charge is 2.30. The second-order valence-corrected chi connectivity index (χ2v) is 8.44. The summed E-state index contributed by atoms with van der Waals surface area (Å²) in [5.41, 5.74) is 1.32. The van der Waals surface area contributed by atoms with Crippen LogP contribution in [0.2, 0.25) is 0 Å². The van der Waals surface area contributed by atoms with E-state index < -0.39 is 4.92 Å². The lowest BCUT2D eigenvalue weighted by atomic mass is 9.94. The molecule has 2 aromatic rings. The maximum atomic E-state index is 12.9. The molecule has 0 aliphatic carbocycles. The SMILES string of the molecule is CC(C)Sc1ccc([N+](=O)[O-])cc1C(=O)N[C@H](C)[C@H]1COc2ccccc21. The molecule has 7 heteroatoms. The zero-order chi connectivity index (χ0) is 19.6. The Morgan fingerprint density at radius 3 is 2.70 bits per heavy atom. The molecule has 1 aliphatic rings. The van der Waals surface area contributed by atoms with Crippen molar-refractivity contribution in [2.24, 2.45) is 0 Å². The lowest BCUT2D eigenvalue weighted by Gasteiger charge is -2.21. The van der Waals surface area contributed by atoms with E-state index in [9.17, 15) is 14.9 Å². The number of thioether (sulfide) groups is 1. The largest absolute Gasteiger partial charge is 0.493 e. The molecule has 0 saturated carbocycles. The predicted molar refractivity (Wildman–Crippen MR) is 106 cm³/mol. The minimum absolute atomic E-state index is 0.0463. The highest BCUT2D eigenvalue weighted by Crippen LogP contribution is 2.36. The molecular weight excluding hydrogens is 364 g/mol. The van der Waals surface area contributed by atoms with Gasteiger partial charge >= 0.3 is 0 Å². The normalized spacial score (nSPS) is 16.5. The van der Waals surface area contributed by atoms with Gasteiger partial charge in [0.1, 0.15) is 5.75 Å². The quantitative estimate of drug-likeness (QED) is 0.452. The number of nitro groups is 1. The van der Waals surface area contributed by atoms with Crippen molar-refractivity contribution in [3.8, 4) is 5.75 Å². The van der Waals surface area contributed by atoms with Gasteiger partial charge in [0.15, 0.2) is 0 Å². The molecule has 0 aromatic heterocycles. The number of non-ortho nitro benzene ring substituents is 1. The number of hydrogen-bond donors (Lipinski definition) is 1. The molecule has 2 atom stereocenters. The van der Waals surface area contributed by atoms with Crippen LogP contribution < -0.4 is 10.1 Å². The standard InChI is InChI=1S/C20H22N2O4S/c1-12(2)27-19-9-8-14(22(24)25)10-16(19)20(23)21-13(3)17-11-26-18-7-5-4-6-15(17)18/h4-10,12-13,17H,11H2,1-3H3,(H,21,23)/t13-,17-/m1/s1. The van der Waals surface area contributed by atoms with E-state index in [1.807, 2.05) is 45.0 Å². The van der Waals surface area contributed by atoms with Gasteiger partial charge in [-0.1, -0.05) is 32.0 Å². The molecular formula is C20H22N2O4S. The lowest BCUT2D eigenvalue weighted by Crippen LogP contribution is -2.38. The van der Waals surface area contributed by atoms with Crippen LogP contribution in [0.5, 0.6) is 5.75 Å². The first kappa shape index (κ1) is 19.2. The summed E-state index contributed by atoms with van der Waals surface area (Å²) in [4.78, 5) is 24.3. The number of carbonyl (C=O) groups is 1. The first-order valence-electron chi connectivity index (χ1n) is 8.84. The molecule has 1 N–H and O–H groups in total. The Morgan fingerprint density at radius 2 is 2.00 bits per heavy atom. The van der Waals surface area contributed by atoms with E-state index in [4.69, 9.17) is 4.74 Å². The second kappa shape index (κ2) is 8.00. The zero-order valence-corrected chi connectivity index (χ0v) is 16.3. The summed E-state index contributed by atoms with van der Waals surface area (Å²) in [5.74, 6) is 0.582. The number of nitrogens with one attached hydrogen (secondary N) is 1. The van der Waals surface area contributed by atoms with Crippen LogP contribution in [-0.2, 0) is 0 Å². The summed E-state index contributed by atoms with van der Waals surface area (Å²) in [7, 11) is 0. The monoisotopic (exact) mass is 386 g/mol. The van der Waals surface area contributed by atoms with Gasteiger partial charge in [0.25, 0.3) is 11.6 Å². The molecule has 0 bridgehead atoms. The number of para-hydroxylation sites is 1. The van der Waals surface area contributed by atoms with Crippen LogP contribution in [0.15, 0.2) is 47.4 Å². The van der Waals surface area contributed by atoms with Crippen molar-refractivity contribution in [3.63, 3.8) is 0 Å². The van der Waals surface area contributed by atoms with E-state index in [1.165, 1.54) is 23.9 Å². The number of benzene rings is 2. The Labute approximate surface area is 162 Å². The van der Waals surface area contributed by atoms with E-state index in [1.54, 1.807) is 6.07 Å². The van der Waals surface area contributed by atoms with Crippen LogP contribution in [0, 0.1) is 10.1 Å². The summed E-state index contributed by atoms with van der Waals surface area (Å²) in [5, 5.41) is 14.4. The van der Waals surface area contributed by atoms with E-state index in [0.717, 1.165) is 16.2 Å². The van der Waals surface area contributed by atoms with Gasteiger partial charge in [-0.15, -0.1) is 11.8 Å². The fourth-order valence-electron chi connectivity index (χ4n) is 3.15. The van der Waals surface area contributed by atoms with Crippen molar-refractivity contribution in [2.45, 2.75) is 42.9 Å². The smallest absolute Gasteiger partial charge is 0.270 e. The molecule has 1 aliphatic heterocycles. The fourth-order valence-corrected chi connectivity index (χ4v) is 4.09. The topological polar surface area (TPSA) is 81.5 Å². The van der Waals surface area contributed by atoms with Gasteiger partial charge in [0.2, 0.25) is 0 Å². The van der Waals surface area contributed by atoms with Gasteiger partial charge < -0.3 is 10.1 Å². The summed E-state index contributed by atoms with van der Waals surface area (Å²) in [6.07, 6.45) is 0. The summed E-state index contributed by atoms with van der Waals surface area (Å²) < 4.78 is 5.70. The fraction of sp³-hybridized carbons (Fsp3) is 0.350. The van der Waals surface area contributed by atoms with E-state index in [-0.39, 0.29) is 28.8 Å². The number of carbonyl (C=O) groups excluding carboxylic acids is 1. The van der Waals surface area contributed by atoms with Crippen LogP contribution in [0.3, 0.4) is 0 Å². The maximum absolute atomic E-state index is 12.9. The lowest BCUT2D eigenvalue weighted by molar-refractivity contribution is -0.384. The number of hydrogen-bond acceptors (Lipinski definition) is 5. The molecule has 0 unspecified atom stereocenters. The van der Waals surface area contributed by atoms with Gasteiger partial charge in [-0.25, -0.2) is 0 Å². The van der Waals surface area contributed by atoms with Crippen LogP contribution in [0.25, 0.3) is 0 Å². The summed E-state index contributed by atoms with van der Waals surface area (Å²) >= 11 is 1.51. The molecule has 0 saturated heterocycles. The van der Waals surface area contributed by atoms with Crippen molar-refractivity contribution in [1.29, 1.82) is 0 Å².